The lowest BCUT2D eigenvalue weighted by atomic mass is 9.80. The van der Waals surface area contributed by atoms with Crippen LogP contribution in [0.4, 0.5) is 0 Å². The van der Waals surface area contributed by atoms with Crippen molar-refractivity contribution in [3.05, 3.63) is 0 Å². The number of carbonyl (C=O) groups is 2. The molecule has 1 aliphatic heterocycles. The van der Waals surface area contributed by atoms with Gasteiger partial charge in [0, 0.05) is 6.54 Å². The van der Waals surface area contributed by atoms with E-state index in [1.165, 1.54) is 19.3 Å². The summed E-state index contributed by atoms with van der Waals surface area (Å²) >= 11 is 0. The SMILES string of the molecule is CCC1NC(=O)C(CC)(CC)N(CC2CCC2)C1=O. The minimum Gasteiger partial charge on any atom is -0.342 e. The quantitative estimate of drug-likeness (QED) is 0.828. The lowest BCUT2D eigenvalue weighted by Gasteiger charge is -2.49. The molecule has 1 N–H and O–H groups in total. The Morgan fingerprint density at radius 1 is 1.21 bits per heavy atom. The normalized spacial score (nSPS) is 27.1. The van der Waals surface area contributed by atoms with E-state index in [1.54, 1.807) is 0 Å². The van der Waals surface area contributed by atoms with Crippen molar-refractivity contribution in [2.75, 3.05) is 6.54 Å². The fourth-order valence-electron chi connectivity index (χ4n) is 3.30. The predicted molar refractivity (Wildman–Crippen MR) is 74.6 cm³/mol. The average Bonchev–Trinajstić information content (AvgIpc) is 2.37. The van der Waals surface area contributed by atoms with Gasteiger partial charge in [-0.25, -0.2) is 0 Å². The van der Waals surface area contributed by atoms with E-state index in [1.807, 2.05) is 25.7 Å². The minimum atomic E-state index is -0.613. The van der Waals surface area contributed by atoms with Gasteiger partial charge < -0.3 is 10.2 Å². The Labute approximate surface area is 115 Å². The summed E-state index contributed by atoms with van der Waals surface area (Å²) in [5.41, 5.74) is -0.613. The maximum Gasteiger partial charge on any atom is 0.246 e. The van der Waals surface area contributed by atoms with E-state index in [-0.39, 0.29) is 17.9 Å². The first-order valence-corrected chi connectivity index (χ1v) is 7.71. The molecule has 4 nitrogen and oxygen atoms in total. The fourth-order valence-corrected chi connectivity index (χ4v) is 3.30. The van der Waals surface area contributed by atoms with Crippen LogP contribution in [0.15, 0.2) is 0 Å². The standard InChI is InChI=1S/C15H26N2O2/c1-4-12-13(18)17(10-11-8-7-9-11)15(5-2,6-3)14(19)16-12/h11-12H,4-10H2,1-3H3,(H,16,19). The zero-order valence-corrected chi connectivity index (χ0v) is 12.4. The maximum atomic E-state index is 12.6. The minimum absolute atomic E-state index is 0.0447. The second-order valence-electron chi connectivity index (χ2n) is 5.92. The first-order chi connectivity index (χ1) is 9.08. The Morgan fingerprint density at radius 2 is 1.84 bits per heavy atom. The highest BCUT2D eigenvalue weighted by Crippen LogP contribution is 2.34. The molecule has 0 aromatic carbocycles. The topological polar surface area (TPSA) is 49.4 Å². The Morgan fingerprint density at radius 3 is 2.26 bits per heavy atom. The molecule has 1 aliphatic carbocycles. The highest BCUT2D eigenvalue weighted by Gasteiger charge is 2.50. The average molecular weight is 266 g/mol. The molecule has 2 amide bonds. The number of nitrogens with zero attached hydrogens (tertiary/aromatic N) is 1. The van der Waals surface area contributed by atoms with Gasteiger partial charge in [0.1, 0.15) is 11.6 Å². The lowest BCUT2D eigenvalue weighted by molar-refractivity contribution is -0.160. The summed E-state index contributed by atoms with van der Waals surface area (Å²) in [5.74, 6) is 0.769. The number of amides is 2. The molecule has 0 bridgehead atoms. The molecule has 0 radical (unpaired) electrons. The van der Waals surface area contributed by atoms with Crippen LogP contribution >= 0.6 is 0 Å². The molecular formula is C15H26N2O2. The van der Waals surface area contributed by atoms with Crippen LogP contribution in [0.2, 0.25) is 0 Å². The molecule has 1 saturated carbocycles. The van der Waals surface area contributed by atoms with E-state index < -0.39 is 5.54 Å². The number of nitrogens with one attached hydrogen (secondary N) is 1. The molecule has 1 saturated heterocycles. The molecule has 2 aliphatic rings. The fraction of sp³-hybridized carbons (Fsp3) is 0.867. The smallest absolute Gasteiger partial charge is 0.246 e. The van der Waals surface area contributed by atoms with Crippen LogP contribution in [0.25, 0.3) is 0 Å². The van der Waals surface area contributed by atoms with Crippen molar-refractivity contribution in [1.29, 1.82) is 0 Å². The van der Waals surface area contributed by atoms with Crippen molar-refractivity contribution in [3.8, 4) is 0 Å². The van der Waals surface area contributed by atoms with E-state index in [2.05, 4.69) is 5.32 Å². The maximum absolute atomic E-state index is 12.6. The van der Waals surface area contributed by atoms with E-state index in [0.717, 1.165) is 6.54 Å². The number of rotatable bonds is 5. The second-order valence-corrected chi connectivity index (χ2v) is 5.92. The van der Waals surface area contributed by atoms with Crippen molar-refractivity contribution in [2.45, 2.75) is 70.9 Å². The molecule has 2 fully saturated rings. The highest BCUT2D eigenvalue weighted by atomic mass is 16.2. The third-order valence-corrected chi connectivity index (χ3v) is 5.05. The van der Waals surface area contributed by atoms with Crippen LogP contribution in [0, 0.1) is 5.92 Å². The molecule has 1 heterocycles. The lowest BCUT2D eigenvalue weighted by Crippen LogP contribution is -2.70. The molecule has 0 aromatic heterocycles. The summed E-state index contributed by atoms with van der Waals surface area (Å²) in [6, 6.07) is -0.321. The van der Waals surface area contributed by atoms with E-state index >= 15 is 0 Å². The van der Waals surface area contributed by atoms with Crippen molar-refractivity contribution in [3.63, 3.8) is 0 Å². The molecule has 0 spiro atoms. The van der Waals surface area contributed by atoms with Gasteiger partial charge in [0.25, 0.3) is 0 Å². The number of hydrogen-bond donors (Lipinski definition) is 1. The van der Waals surface area contributed by atoms with Crippen LogP contribution in [0.1, 0.15) is 59.3 Å². The van der Waals surface area contributed by atoms with Crippen LogP contribution < -0.4 is 5.32 Å². The number of piperazine rings is 1. The van der Waals surface area contributed by atoms with Gasteiger partial charge >= 0.3 is 0 Å². The molecule has 1 unspecified atom stereocenters. The van der Waals surface area contributed by atoms with Gasteiger partial charge in [-0.1, -0.05) is 27.2 Å². The first kappa shape index (κ1) is 14.4. The van der Waals surface area contributed by atoms with Crippen molar-refractivity contribution in [2.24, 2.45) is 5.92 Å². The number of hydrogen-bond acceptors (Lipinski definition) is 2. The monoisotopic (exact) mass is 266 g/mol. The van der Waals surface area contributed by atoms with Crippen LogP contribution in [0.5, 0.6) is 0 Å². The van der Waals surface area contributed by atoms with Crippen molar-refractivity contribution >= 4 is 11.8 Å². The van der Waals surface area contributed by atoms with Gasteiger partial charge in [-0.05, 0) is 38.0 Å². The van der Waals surface area contributed by atoms with Crippen molar-refractivity contribution < 1.29 is 9.59 Å². The highest BCUT2D eigenvalue weighted by molar-refractivity contribution is 5.99. The Bertz CT molecular complexity index is 359. The van der Waals surface area contributed by atoms with Crippen LogP contribution in [-0.2, 0) is 9.59 Å². The molecule has 19 heavy (non-hydrogen) atoms. The molecule has 0 aromatic rings. The zero-order chi connectivity index (χ0) is 14.0. The van der Waals surface area contributed by atoms with Gasteiger partial charge in [-0.2, -0.15) is 0 Å². The van der Waals surface area contributed by atoms with Gasteiger partial charge in [-0.15, -0.1) is 0 Å². The largest absolute Gasteiger partial charge is 0.342 e. The molecule has 2 rings (SSSR count). The third kappa shape index (κ3) is 2.26. The molecule has 4 heteroatoms. The van der Waals surface area contributed by atoms with Gasteiger partial charge in [-0.3, -0.25) is 9.59 Å². The molecular weight excluding hydrogens is 240 g/mol. The first-order valence-electron chi connectivity index (χ1n) is 7.71. The summed E-state index contributed by atoms with van der Waals surface area (Å²) in [7, 11) is 0. The predicted octanol–water partition coefficient (Wildman–Crippen LogP) is 2.08. The Kier molecular flexibility index (Phi) is 4.16. The van der Waals surface area contributed by atoms with Crippen molar-refractivity contribution in [1.82, 2.24) is 10.2 Å². The van der Waals surface area contributed by atoms with Crippen LogP contribution in [-0.4, -0.2) is 34.8 Å². The second kappa shape index (κ2) is 5.51. The van der Waals surface area contributed by atoms with Crippen LogP contribution in [0.3, 0.4) is 0 Å². The summed E-state index contributed by atoms with van der Waals surface area (Å²) < 4.78 is 0. The van der Waals surface area contributed by atoms with Gasteiger partial charge in [0.2, 0.25) is 11.8 Å². The zero-order valence-electron chi connectivity index (χ0n) is 12.4. The molecule has 108 valence electrons. The van der Waals surface area contributed by atoms with Gasteiger partial charge in [0.15, 0.2) is 0 Å². The van der Waals surface area contributed by atoms with E-state index in [9.17, 15) is 9.59 Å². The molecule has 1 atom stereocenters. The van der Waals surface area contributed by atoms with E-state index in [0.29, 0.717) is 25.2 Å². The van der Waals surface area contributed by atoms with Gasteiger partial charge in [0.05, 0.1) is 0 Å². The van der Waals surface area contributed by atoms with E-state index in [4.69, 9.17) is 0 Å². The summed E-state index contributed by atoms with van der Waals surface area (Å²) in [6.07, 6.45) is 5.74. The summed E-state index contributed by atoms with van der Waals surface area (Å²) in [6.45, 7) is 6.74. The summed E-state index contributed by atoms with van der Waals surface area (Å²) in [4.78, 5) is 27.0. The Hall–Kier alpha value is -1.06. The summed E-state index contributed by atoms with van der Waals surface area (Å²) in [5, 5.41) is 2.92. The third-order valence-electron chi connectivity index (χ3n) is 5.05. The Balaban J connectivity index is 2.26. The number of carbonyl (C=O) groups excluding carboxylic acids is 2.